The summed E-state index contributed by atoms with van der Waals surface area (Å²) in [6, 6.07) is 14.1. The molecule has 0 aliphatic rings. The van der Waals surface area contributed by atoms with Crippen molar-refractivity contribution in [3.63, 3.8) is 0 Å². The van der Waals surface area contributed by atoms with E-state index in [2.05, 4.69) is 31.2 Å². The van der Waals surface area contributed by atoms with E-state index < -0.39 is 6.09 Å². The van der Waals surface area contributed by atoms with Crippen LogP contribution in [0.1, 0.15) is 5.56 Å². The Kier molecular flexibility index (Phi) is 5.15. The summed E-state index contributed by atoms with van der Waals surface area (Å²) < 4.78 is 0.969. The Labute approximate surface area is 129 Å². The molecule has 0 unspecified atom stereocenters. The quantitative estimate of drug-likeness (QED) is 0.494. The summed E-state index contributed by atoms with van der Waals surface area (Å²) in [7, 11) is 0. The topological polar surface area (TPSA) is 50.7 Å². The van der Waals surface area contributed by atoms with Gasteiger partial charge >= 0.3 is 6.09 Å². The molecule has 102 valence electrons. The van der Waals surface area contributed by atoms with Crippen LogP contribution in [0.15, 0.2) is 58.2 Å². The molecule has 0 bridgehead atoms. The van der Waals surface area contributed by atoms with Crippen molar-refractivity contribution in [2.75, 3.05) is 5.32 Å². The summed E-state index contributed by atoms with van der Waals surface area (Å²) in [5.41, 5.74) is 1.41. The van der Waals surface area contributed by atoms with Crippen LogP contribution in [0.4, 0.5) is 10.5 Å². The van der Waals surface area contributed by atoms with Gasteiger partial charge in [-0.15, -0.1) is 0 Å². The third-order valence-electron chi connectivity index (χ3n) is 2.30. The number of carbonyl (C=O) groups excluding carboxylic acids is 1. The Hall–Kier alpha value is -1.85. The van der Waals surface area contributed by atoms with Crippen LogP contribution < -0.4 is 5.32 Å². The number of halogens is 2. The van der Waals surface area contributed by atoms with Crippen molar-refractivity contribution in [1.29, 1.82) is 0 Å². The van der Waals surface area contributed by atoms with Crippen LogP contribution in [0.3, 0.4) is 0 Å². The monoisotopic (exact) mass is 352 g/mol. The highest BCUT2D eigenvalue weighted by Crippen LogP contribution is 2.13. The van der Waals surface area contributed by atoms with Crippen LogP contribution in [0.5, 0.6) is 0 Å². The molecule has 2 rings (SSSR count). The highest BCUT2D eigenvalue weighted by Gasteiger charge is 2.01. The zero-order valence-corrected chi connectivity index (χ0v) is 12.6. The Morgan fingerprint density at radius 3 is 2.45 bits per heavy atom. The van der Waals surface area contributed by atoms with Gasteiger partial charge in [0.1, 0.15) is 0 Å². The lowest BCUT2D eigenvalue weighted by atomic mass is 10.2. The second kappa shape index (κ2) is 7.07. The second-order valence-corrected chi connectivity index (χ2v) is 5.15. The number of hydrogen-bond acceptors (Lipinski definition) is 3. The van der Waals surface area contributed by atoms with Crippen molar-refractivity contribution in [2.24, 2.45) is 5.16 Å². The van der Waals surface area contributed by atoms with Crippen LogP contribution >= 0.6 is 27.5 Å². The molecule has 0 atom stereocenters. The lowest BCUT2D eigenvalue weighted by Crippen LogP contribution is -2.10. The molecule has 0 aliphatic heterocycles. The fourth-order valence-corrected chi connectivity index (χ4v) is 1.75. The van der Waals surface area contributed by atoms with Gasteiger partial charge in [-0.2, -0.15) is 0 Å². The molecule has 0 fully saturated rings. The molecule has 2 aromatic rings. The van der Waals surface area contributed by atoms with Crippen molar-refractivity contribution in [3.05, 3.63) is 63.6 Å². The molecule has 1 N–H and O–H groups in total. The van der Waals surface area contributed by atoms with E-state index in [0.29, 0.717) is 10.7 Å². The maximum absolute atomic E-state index is 11.5. The number of carbonyl (C=O) groups is 1. The van der Waals surface area contributed by atoms with E-state index in [1.165, 1.54) is 6.21 Å². The van der Waals surface area contributed by atoms with Crippen molar-refractivity contribution in [3.8, 4) is 0 Å². The van der Waals surface area contributed by atoms with Gasteiger partial charge in [-0.25, -0.2) is 4.79 Å². The molecule has 0 saturated carbocycles. The van der Waals surface area contributed by atoms with E-state index in [1.807, 2.05) is 24.3 Å². The number of rotatable bonds is 3. The number of benzene rings is 2. The second-order valence-electron chi connectivity index (χ2n) is 3.80. The standard InChI is InChI=1S/C14H10BrClN2O2/c15-11-3-1-10(2-4-11)9-17-20-14(19)18-13-7-5-12(16)6-8-13/h1-9H,(H,18,19)/b17-9-. The predicted molar refractivity (Wildman–Crippen MR) is 83.3 cm³/mol. The number of nitrogens with one attached hydrogen (secondary N) is 1. The summed E-state index contributed by atoms with van der Waals surface area (Å²) in [6.45, 7) is 0. The smallest absolute Gasteiger partial charge is 0.298 e. The maximum Gasteiger partial charge on any atom is 0.437 e. The number of hydrogen-bond donors (Lipinski definition) is 1. The van der Waals surface area contributed by atoms with Gasteiger partial charge in [0.15, 0.2) is 0 Å². The van der Waals surface area contributed by atoms with Crippen molar-refractivity contribution >= 4 is 45.5 Å². The van der Waals surface area contributed by atoms with Gasteiger partial charge in [0.25, 0.3) is 0 Å². The molecule has 0 radical (unpaired) electrons. The molecule has 0 spiro atoms. The number of oxime groups is 1. The highest BCUT2D eigenvalue weighted by molar-refractivity contribution is 9.10. The van der Waals surface area contributed by atoms with E-state index >= 15 is 0 Å². The van der Waals surface area contributed by atoms with Crippen LogP contribution in [-0.2, 0) is 4.84 Å². The molecular weight excluding hydrogens is 344 g/mol. The molecule has 0 aromatic heterocycles. The number of anilines is 1. The molecule has 0 heterocycles. The van der Waals surface area contributed by atoms with Crippen LogP contribution in [-0.4, -0.2) is 12.3 Å². The summed E-state index contributed by atoms with van der Waals surface area (Å²) in [5, 5.41) is 6.72. The first-order chi connectivity index (χ1) is 9.63. The largest absolute Gasteiger partial charge is 0.437 e. The van der Waals surface area contributed by atoms with Gasteiger partial charge in [0.2, 0.25) is 0 Å². The third kappa shape index (κ3) is 4.68. The molecule has 6 heteroatoms. The Morgan fingerprint density at radius 2 is 1.80 bits per heavy atom. The Bertz CT molecular complexity index is 612. The van der Waals surface area contributed by atoms with Gasteiger partial charge < -0.3 is 0 Å². The number of amides is 1. The summed E-state index contributed by atoms with van der Waals surface area (Å²) in [6.07, 6.45) is 0.786. The minimum atomic E-state index is -0.666. The van der Waals surface area contributed by atoms with Crippen LogP contribution in [0, 0.1) is 0 Å². The first kappa shape index (κ1) is 14.6. The molecular formula is C14H10BrClN2O2. The van der Waals surface area contributed by atoms with Crippen molar-refractivity contribution in [1.82, 2.24) is 0 Å². The Morgan fingerprint density at radius 1 is 1.15 bits per heavy atom. The summed E-state index contributed by atoms with van der Waals surface area (Å²) >= 11 is 9.07. The highest BCUT2D eigenvalue weighted by atomic mass is 79.9. The summed E-state index contributed by atoms with van der Waals surface area (Å²) in [5.74, 6) is 0. The lowest BCUT2D eigenvalue weighted by molar-refractivity contribution is 0.167. The van der Waals surface area contributed by atoms with E-state index in [1.54, 1.807) is 24.3 Å². The first-order valence-corrected chi connectivity index (χ1v) is 6.83. The van der Waals surface area contributed by atoms with Gasteiger partial charge in [-0.1, -0.05) is 44.8 Å². The molecule has 0 aliphatic carbocycles. The lowest BCUT2D eigenvalue weighted by Gasteiger charge is -2.02. The zero-order chi connectivity index (χ0) is 14.4. The molecule has 4 nitrogen and oxygen atoms in total. The number of nitrogens with zero attached hydrogens (tertiary/aromatic N) is 1. The van der Waals surface area contributed by atoms with E-state index in [-0.39, 0.29) is 0 Å². The third-order valence-corrected chi connectivity index (χ3v) is 3.08. The fraction of sp³-hybridized carbons (Fsp3) is 0. The van der Waals surface area contributed by atoms with Crippen molar-refractivity contribution < 1.29 is 9.63 Å². The minimum Gasteiger partial charge on any atom is -0.298 e. The van der Waals surface area contributed by atoms with Gasteiger partial charge in [0, 0.05) is 15.2 Å². The average molecular weight is 354 g/mol. The molecule has 2 aromatic carbocycles. The normalized spacial score (nSPS) is 10.5. The van der Waals surface area contributed by atoms with E-state index in [0.717, 1.165) is 10.0 Å². The van der Waals surface area contributed by atoms with E-state index in [9.17, 15) is 4.79 Å². The average Bonchev–Trinajstić information content (AvgIpc) is 2.44. The predicted octanol–water partition coefficient (Wildman–Crippen LogP) is 4.69. The van der Waals surface area contributed by atoms with E-state index in [4.69, 9.17) is 11.6 Å². The molecule has 1 amide bonds. The SMILES string of the molecule is O=C(Nc1ccc(Cl)cc1)O/N=C\c1ccc(Br)cc1. The maximum atomic E-state index is 11.5. The zero-order valence-electron chi connectivity index (χ0n) is 10.2. The van der Waals surface area contributed by atoms with Crippen LogP contribution in [0.2, 0.25) is 5.02 Å². The summed E-state index contributed by atoms with van der Waals surface area (Å²) in [4.78, 5) is 16.1. The van der Waals surface area contributed by atoms with Gasteiger partial charge in [0.05, 0.1) is 6.21 Å². The Balaban J connectivity index is 1.85. The molecule has 20 heavy (non-hydrogen) atoms. The first-order valence-electron chi connectivity index (χ1n) is 5.66. The fourth-order valence-electron chi connectivity index (χ4n) is 1.36. The van der Waals surface area contributed by atoms with Gasteiger partial charge in [-0.3, -0.25) is 10.2 Å². The molecule has 0 saturated heterocycles. The van der Waals surface area contributed by atoms with Crippen molar-refractivity contribution in [2.45, 2.75) is 0 Å². The minimum absolute atomic E-state index is 0.582. The van der Waals surface area contributed by atoms with Crippen LogP contribution in [0.25, 0.3) is 0 Å². The van der Waals surface area contributed by atoms with Gasteiger partial charge in [-0.05, 0) is 42.0 Å².